The number of methoxy groups -OCH3 is 1. The summed E-state index contributed by atoms with van der Waals surface area (Å²) < 4.78 is 4.72. The van der Waals surface area contributed by atoms with E-state index in [-0.39, 0.29) is 12.5 Å². The van der Waals surface area contributed by atoms with Gasteiger partial charge in [-0.15, -0.1) is 0 Å². The first-order valence-electron chi connectivity index (χ1n) is 6.84. The molecule has 21 heavy (non-hydrogen) atoms. The molecule has 0 spiro atoms. The Morgan fingerprint density at radius 1 is 1.38 bits per heavy atom. The van der Waals surface area contributed by atoms with Crippen molar-refractivity contribution in [2.75, 3.05) is 32.1 Å². The lowest BCUT2D eigenvalue weighted by Gasteiger charge is -2.24. The van der Waals surface area contributed by atoms with Gasteiger partial charge >= 0.3 is 5.97 Å². The molecule has 1 N–H and O–H groups in total. The number of para-hydroxylation sites is 1. The Kier molecular flexibility index (Phi) is 4.93. The largest absolute Gasteiger partial charge is 0.468 e. The zero-order valence-electron chi connectivity index (χ0n) is 12.2. The molecule has 6 nitrogen and oxygen atoms in total. The van der Waals surface area contributed by atoms with Crippen LogP contribution in [0.15, 0.2) is 30.3 Å². The summed E-state index contributed by atoms with van der Waals surface area (Å²) in [5.74, 6) is -0.550. The summed E-state index contributed by atoms with van der Waals surface area (Å²) in [7, 11) is 3.00. The third-order valence-electron chi connectivity index (χ3n) is 3.71. The van der Waals surface area contributed by atoms with E-state index < -0.39 is 18.1 Å². The molecule has 0 aliphatic carbocycles. The number of ether oxygens (including phenoxy) is 1. The fraction of sp³-hybridized carbons (Fsp3) is 0.467. The van der Waals surface area contributed by atoms with Crippen LogP contribution in [0.2, 0.25) is 0 Å². The van der Waals surface area contributed by atoms with E-state index in [0.717, 1.165) is 5.69 Å². The maximum atomic E-state index is 12.3. The summed E-state index contributed by atoms with van der Waals surface area (Å²) in [6.45, 7) is 0.371. The Morgan fingerprint density at radius 3 is 2.67 bits per heavy atom. The predicted octanol–water partition coefficient (Wildman–Crippen LogP) is 0.258. The molecular formula is C15H20N2O4. The number of rotatable bonds is 4. The van der Waals surface area contributed by atoms with Crippen molar-refractivity contribution in [3.05, 3.63) is 30.3 Å². The van der Waals surface area contributed by atoms with Gasteiger partial charge in [-0.3, -0.25) is 14.5 Å². The average Bonchev–Trinajstić information content (AvgIpc) is 2.87. The Balaban J connectivity index is 2.03. The van der Waals surface area contributed by atoms with Crippen LogP contribution in [0, 0.1) is 0 Å². The van der Waals surface area contributed by atoms with Gasteiger partial charge in [-0.25, -0.2) is 0 Å². The quantitative estimate of drug-likeness (QED) is 0.806. The van der Waals surface area contributed by atoms with Crippen LogP contribution in [0.5, 0.6) is 0 Å². The molecule has 0 bridgehead atoms. The Hall–Kier alpha value is -1.92. The van der Waals surface area contributed by atoms with Crippen LogP contribution in [-0.4, -0.2) is 61.3 Å². The molecule has 1 aromatic carbocycles. The van der Waals surface area contributed by atoms with E-state index in [9.17, 15) is 14.7 Å². The van der Waals surface area contributed by atoms with Gasteiger partial charge in [0.25, 0.3) is 0 Å². The van der Waals surface area contributed by atoms with Crippen LogP contribution in [0.3, 0.4) is 0 Å². The molecule has 2 unspecified atom stereocenters. The number of esters is 1. The number of carbonyl (C=O) groups excluding carboxylic acids is 2. The Bertz CT molecular complexity index is 506. The van der Waals surface area contributed by atoms with Gasteiger partial charge in [0.2, 0.25) is 5.91 Å². The second-order valence-corrected chi connectivity index (χ2v) is 5.15. The van der Waals surface area contributed by atoms with E-state index in [0.29, 0.717) is 13.0 Å². The van der Waals surface area contributed by atoms with Gasteiger partial charge in [0, 0.05) is 25.7 Å². The lowest BCUT2D eigenvalue weighted by molar-refractivity contribution is -0.146. The molecule has 1 saturated heterocycles. The van der Waals surface area contributed by atoms with E-state index in [2.05, 4.69) is 0 Å². The highest BCUT2D eigenvalue weighted by atomic mass is 16.5. The second-order valence-electron chi connectivity index (χ2n) is 5.15. The first-order chi connectivity index (χ1) is 10.0. The van der Waals surface area contributed by atoms with E-state index in [1.165, 1.54) is 7.11 Å². The number of aliphatic hydroxyl groups excluding tert-OH is 1. The minimum Gasteiger partial charge on any atom is -0.468 e. The maximum Gasteiger partial charge on any atom is 0.323 e. The van der Waals surface area contributed by atoms with Crippen LogP contribution in [0.1, 0.15) is 6.42 Å². The highest BCUT2D eigenvalue weighted by molar-refractivity contribution is 5.94. The topological polar surface area (TPSA) is 70.1 Å². The van der Waals surface area contributed by atoms with Gasteiger partial charge < -0.3 is 14.7 Å². The first kappa shape index (κ1) is 15.5. The third kappa shape index (κ3) is 3.59. The van der Waals surface area contributed by atoms with Crippen LogP contribution in [0.4, 0.5) is 5.69 Å². The summed E-state index contributed by atoms with van der Waals surface area (Å²) in [6.07, 6.45) is -0.307. The van der Waals surface area contributed by atoms with Gasteiger partial charge in [-0.05, 0) is 12.1 Å². The smallest absolute Gasteiger partial charge is 0.323 e. The second kappa shape index (κ2) is 6.69. The fourth-order valence-electron chi connectivity index (χ4n) is 2.51. The zero-order chi connectivity index (χ0) is 15.4. The number of likely N-dealkylation sites (N-methyl/N-ethyl adjacent to an activating group) is 1. The molecule has 1 fully saturated rings. The van der Waals surface area contributed by atoms with Crippen LogP contribution >= 0.6 is 0 Å². The molecule has 1 aromatic rings. The molecule has 1 amide bonds. The third-order valence-corrected chi connectivity index (χ3v) is 3.71. The molecule has 0 saturated carbocycles. The maximum absolute atomic E-state index is 12.3. The van der Waals surface area contributed by atoms with Crippen molar-refractivity contribution in [2.45, 2.75) is 18.6 Å². The van der Waals surface area contributed by atoms with Crippen molar-refractivity contribution in [2.24, 2.45) is 0 Å². The summed E-state index contributed by atoms with van der Waals surface area (Å²) in [5.41, 5.74) is 0.789. The van der Waals surface area contributed by atoms with Gasteiger partial charge in [0.05, 0.1) is 19.8 Å². The number of carbonyl (C=O) groups is 2. The number of nitrogens with zero attached hydrogens (tertiary/aromatic N) is 2. The number of hydrogen-bond donors (Lipinski definition) is 1. The number of likely N-dealkylation sites (tertiary alicyclic amines) is 1. The lowest BCUT2D eigenvalue weighted by atomic mass is 10.2. The van der Waals surface area contributed by atoms with E-state index in [4.69, 9.17) is 4.74 Å². The normalized spacial score (nSPS) is 22.0. The molecular weight excluding hydrogens is 272 g/mol. The standard InChI is InChI=1S/C15H20N2O4/c1-16(11-6-4-3-5-7-11)14(19)10-17-9-12(18)8-13(17)15(20)21-2/h3-7,12-13,18H,8-10H2,1-2H3. The summed E-state index contributed by atoms with van der Waals surface area (Å²) in [4.78, 5) is 27.2. The zero-order valence-corrected chi connectivity index (χ0v) is 12.2. The Labute approximate surface area is 123 Å². The molecule has 1 aliphatic heterocycles. The number of β-amino-alcohol motifs (C(OH)–C–C–N with tert-alkyl or cyclic N) is 1. The van der Waals surface area contributed by atoms with Crippen molar-refractivity contribution in [3.63, 3.8) is 0 Å². The lowest BCUT2D eigenvalue weighted by Crippen LogP contribution is -2.44. The molecule has 1 heterocycles. The monoisotopic (exact) mass is 292 g/mol. The van der Waals surface area contributed by atoms with E-state index in [1.807, 2.05) is 30.3 Å². The van der Waals surface area contributed by atoms with E-state index >= 15 is 0 Å². The molecule has 6 heteroatoms. The fourth-order valence-corrected chi connectivity index (χ4v) is 2.51. The number of amides is 1. The summed E-state index contributed by atoms with van der Waals surface area (Å²) >= 11 is 0. The van der Waals surface area contributed by atoms with Crippen molar-refractivity contribution >= 4 is 17.6 Å². The molecule has 1 aliphatic rings. The minimum atomic E-state index is -0.607. The highest BCUT2D eigenvalue weighted by Crippen LogP contribution is 2.20. The van der Waals surface area contributed by atoms with Crippen molar-refractivity contribution in [3.8, 4) is 0 Å². The van der Waals surface area contributed by atoms with Gasteiger partial charge in [-0.2, -0.15) is 0 Å². The van der Waals surface area contributed by atoms with E-state index in [1.54, 1.807) is 16.8 Å². The SMILES string of the molecule is COC(=O)C1CC(O)CN1CC(=O)N(C)c1ccccc1. The van der Waals surface area contributed by atoms with Crippen molar-refractivity contribution in [1.82, 2.24) is 4.90 Å². The molecule has 0 radical (unpaired) electrons. The molecule has 2 rings (SSSR count). The number of hydrogen-bond acceptors (Lipinski definition) is 5. The summed E-state index contributed by atoms with van der Waals surface area (Å²) in [5, 5.41) is 9.71. The van der Waals surface area contributed by atoms with Crippen molar-refractivity contribution < 1.29 is 19.4 Å². The molecule has 0 aromatic heterocycles. The minimum absolute atomic E-state index is 0.0716. The first-order valence-corrected chi connectivity index (χ1v) is 6.84. The predicted molar refractivity (Wildman–Crippen MR) is 77.9 cm³/mol. The van der Waals surface area contributed by atoms with Crippen molar-refractivity contribution in [1.29, 1.82) is 0 Å². The number of benzene rings is 1. The number of anilines is 1. The highest BCUT2D eigenvalue weighted by Gasteiger charge is 2.38. The van der Waals surface area contributed by atoms with Crippen LogP contribution < -0.4 is 4.90 Å². The van der Waals surface area contributed by atoms with Crippen LogP contribution in [0.25, 0.3) is 0 Å². The molecule has 2 atom stereocenters. The van der Waals surface area contributed by atoms with Gasteiger partial charge in [-0.1, -0.05) is 18.2 Å². The number of aliphatic hydroxyl groups is 1. The Morgan fingerprint density at radius 2 is 2.05 bits per heavy atom. The summed E-state index contributed by atoms with van der Waals surface area (Å²) in [6, 6.07) is 8.72. The van der Waals surface area contributed by atoms with Crippen LogP contribution in [-0.2, 0) is 14.3 Å². The average molecular weight is 292 g/mol. The van der Waals surface area contributed by atoms with Gasteiger partial charge in [0.1, 0.15) is 6.04 Å². The molecule has 114 valence electrons. The van der Waals surface area contributed by atoms with Gasteiger partial charge in [0.15, 0.2) is 0 Å².